The lowest BCUT2D eigenvalue weighted by Crippen LogP contribution is -2.11. The van der Waals surface area contributed by atoms with Crippen molar-refractivity contribution in [3.05, 3.63) is 23.9 Å². The molecule has 0 aliphatic carbocycles. The van der Waals surface area contributed by atoms with Crippen LogP contribution in [0.5, 0.6) is 0 Å². The number of hydrogen-bond acceptors (Lipinski definition) is 3. The Labute approximate surface area is 96.9 Å². The van der Waals surface area contributed by atoms with Crippen LogP contribution in [0.4, 0.5) is 0 Å². The third-order valence-corrected chi connectivity index (χ3v) is 3.31. The lowest BCUT2D eigenvalue weighted by molar-refractivity contribution is 0.722. The number of aromatic nitrogens is 1. The first-order valence-corrected chi connectivity index (χ1v) is 6.49. The van der Waals surface area contributed by atoms with Gasteiger partial charge in [-0.15, -0.1) is 11.8 Å². The van der Waals surface area contributed by atoms with E-state index in [4.69, 9.17) is 0 Å². The largest absolute Gasteiger partial charge is 0.313 e. The lowest BCUT2D eigenvalue weighted by atomic mass is 10.3. The summed E-state index contributed by atoms with van der Waals surface area (Å²) < 4.78 is 0. The Bertz CT molecular complexity index is 269. The van der Waals surface area contributed by atoms with Crippen molar-refractivity contribution in [1.29, 1.82) is 0 Å². The first kappa shape index (κ1) is 12.5. The van der Waals surface area contributed by atoms with Crippen molar-refractivity contribution in [2.45, 2.75) is 32.3 Å². The molecule has 1 aromatic heterocycles. The Balaban J connectivity index is 2.41. The van der Waals surface area contributed by atoms with Crippen LogP contribution in [0, 0.1) is 5.92 Å². The van der Waals surface area contributed by atoms with Gasteiger partial charge < -0.3 is 5.32 Å². The van der Waals surface area contributed by atoms with Crippen molar-refractivity contribution in [2.75, 3.05) is 12.3 Å². The molecule has 0 aliphatic heterocycles. The molecule has 0 saturated carbocycles. The van der Waals surface area contributed by atoms with E-state index >= 15 is 0 Å². The van der Waals surface area contributed by atoms with Crippen LogP contribution in [0.15, 0.2) is 23.4 Å². The van der Waals surface area contributed by atoms with Crippen LogP contribution in [-0.2, 0) is 6.54 Å². The Morgan fingerprint density at radius 1 is 1.40 bits per heavy atom. The highest BCUT2D eigenvalue weighted by Crippen LogP contribution is 2.18. The van der Waals surface area contributed by atoms with Crippen LogP contribution >= 0.6 is 11.8 Å². The minimum Gasteiger partial charge on any atom is -0.313 e. The summed E-state index contributed by atoms with van der Waals surface area (Å²) in [7, 11) is 0. The van der Waals surface area contributed by atoms with E-state index < -0.39 is 0 Å². The molecule has 0 radical (unpaired) electrons. The number of rotatable bonds is 6. The van der Waals surface area contributed by atoms with Gasteiger partial charge in [-0.3, -0.25) is 0 Å². The molecule has 0 bridgehead atoms. The van der Waals surface area contributed by atoms with Crippen LogP contribution in [0.25, 0.3) is 0 Å². The molecule has 0 fully saturated rings. The molecule has 0 atom stereocenters. The van der Waals surface area contributed by atoms with Gasteiger partial charge in [-0.2, -0.15) is 0 Å². The average molecular weight is 224 g/mol. The zero-order valence-electron chi connectivity index (χ0n) is 9.79. The van der Waals surface area contributed by atoms with Crippen LogP contribution in [0.1, 0.15) is 26.3 Å². The molecule has 3 heteroatoms. The summed E-state index contributed by atoms with van der Waals surface area (Å²) >= 11 is 1.83. The molecule has 1 heterocycles. The number of hydrogen-bond donors (Lipinski definition) is 1. The van der Waals surface area contributed by atoms with Gasteiger partial charge in [0.15, 0.2) is 0 Å². The smallest absolute Gasteiger partial charge is 0.0960 e. The number of thioether (sulfide) groups is 1. The minimum absolute atomic E-state index is 0.721. The van der Waals surface area contributed by atoms with Gasteiger partial charge in [-0.25, -0.2) is 4.98 Å². The van der Waals surface area contributed by atoms with Crippen molar-refractivity contribution >= 4 is 11.8 Å². The summed E-state index contributed by atoms with van der Waals surface area (Å²) in [5.74, 6) is 1.86. The van der Waals surface area contributed by atoms with E-state index in [2.05, 4.69) is 43.2 Å². The highest BCUT2D eigenvalue weighted by Gasteiger charge is 1.99. The Morgan fingerprint density at radius 3 is 2.73 bits per heavy atom. The molecule has 1 rings (SSSR count). The highest BCUT2D eigenvalue weighted by molar-refractivity contribution is 7.99. The zero-order chi connectivity index (χ0) is 11.1. The molecule has 1 N–H and O–H groups in total. The maximum Gasteiger partial charge on any atom is 0.0960 e. The molecular weight excluding hydrogens is 204 g/mol. The minimum atomic E-state index is 0.721. The number of pyridine rings is 1. The standard InChI is InChI=1S/C12H20N2S/c1-4-13-7-11-5-6-12(14-8-11)15-9-10(2)3/h5-6,8,10,13H,4,7,9H2,1-3H3. The quantitative estimate of drug-likeness (QED) is 0.752. The topological polar surface area (TPSA) is 24.9 Å². The van der Waals surface area contributed by atoms with Gasteiger partial charge in [0.2, 0.25) is 0 Å². The predicted molar refractivity (Wildman–Crippen MR) is 67.2 cm³/mol. The van der Waals surface area contributed by atoms with Crippen LogP contribution in [-0.4, -0.2) is 17.3 Å². The Kier molecular flexibility index (Phi) is 5.73. The van der Waals surface area contributed by atoms with E-state index in [0.29, 0.717) is 0 Å². The van der Waals surface area contributed by atoms with Crippen LogP contribution in [0.2, 0.25) is 0 Å². The molecular formula is C12H20N2S. The fourth-order valence-corrected chi connectivity index (χ4v) is 1.92. The molecule has 2 nitrogen and oxygen atoms in total. The maximum absolute atomic E-state index is 4.43. The Morgan fingerprint density at radius 2 is 2.20 bits per heavy atom. The van der Waals surface area contributed by atoms with Crippen LogP contribution in [0.3, 0.4) is 0 Å². The third kappa shape index (κ3) is 5.19. The zero-order valence-corrected chi connectivity index (χ0v) is 10.6. The van der Waals surface area contributed by atoms with Crippen molar-refractivity contribution in [1.82, 2.24) is 10.3 Å². The van der Waals surface area contributed by atoms with E-state index in [9.17, 15) is 0 Å². The van der Waals surface area contributed by atoms with Gasteiger partial charge in [0, 0.05) is 18.5 Å². The summed E-state index contributed by atoms with van der Waals surface area (Å²) in [5, 5.41) is 4.42. The second-order valence-corrected chi connectivity index (χ2v) is 5.03. The lowest BCUT2D eigenvalue weighted by Gasteiger charge is -2.05. The van der Waals surface area contributed by atoms with Gasteiger partial charge in [-0.05, 0) is 24.1 Å². The number of nitrogens with one attached hydrogen (secondary N) is 1. The normalized spacial score (nSPS) is 10.9. The van der Waals surface area contributed by atoms with Crippen LogP contribution < -0.4 is 5.32 Å². The second kappa shape index (κ2) is 6.85. The van der Waals surface area contributed by atoms with E-state index in [1.165, 1.54) is 5.56 Å². The van der Waals surface area contributed by atoms with Gasteiger partial charge >= 0.3 is 0 Å². The van der Waals surface area contributed by atoms with Gasteiger partial charge in [0.1, 0.15) is 0 Å². The fraction of sp³-hybridized carbons (Fsp3) is 0.583. The first-order valence-electron chi connectivity index (χ1n) is 5.50. The predicted octanol–water partition coefficient (Wildman–Crippen LogP) is 2.94. The summed E-state index contributed by atoms with van der Waals surface area (Å²) in [6.45, 7) is 8.49. The molecule has 0 spiro atoms. The van der Waals surface area contributed by atoms with E-state index in [-0.39, 0.29) is 0 Å². The first-order chi connectivity index (χ1) is 7.22. The molecule has 1 aromatic rings. The summed E-state index contributed by atoms with van der Waals surface area (Å²) in [5.41, 5.74) is 1.26. The van der Waals surface area contributed by atoms with Crippen molar-refractivity contribution < 1.29 is 0 Å². The summed E-state index contributed by atoms with van der Waals surface area (Å²) in [6.07, 6.45) is 1.96. The molecule has 0 aliphatic rings. The molecule has 0 aromatic carbocycles. The van der Waals surface area contributed by atoms with Crippen molar-refractivity contribution in [2.24, 2.45) is 5.92 Å². The fourth-order valence-electron chi connectivity index (χ4n) is 1.12. The van der Waals surface area contributed by atoms with Gasteiger partial charge in [0.05, 0.1) is 5.03 Å². The van der Waals surface area contributed by atoms with E-state index in [0.717, 1.165) is 29.8 Å². The molecule has 0 unspecified atom stereocenters. The van der Waals surface area contributed by atoms with Crippen molar-refractivity contribution in [3.8, 4) is 0 Å². The molecule has 84 valence electrons. The van der Waals surface area contributed by atoms with E-state index in [1.807, 2.05) is 18.0 Å². The summed E-state index contributed by atoms with van der Waals surface area (Å²) in [6, 6.07) is 4.26. The molecule has 15 heavy (non-hydrogen) atoms. The van der Waals surface area contributed by atoms with Gasteiger partial charge in [-0.1, -0.05) is 26.8 Å². The third-order valence-electron chi connectivity index (χ3n) is 1.94. The Hall–Kier alpha value is -0.540. The summed E-state index contributed by atoms with van der Waals surface area (Å²) in [4.78, 5) is 4.43. The molecule has 0 amide bonds. The monoisotopic (exact) mass is 224 g/mol. The number of nitrogens with zero attached hydrogens (tertiary/aromatic N) is 1. The van der Waals surface area contributed by atoms with E-state index in [1.54, 1.807) is 0 Å². The maximum atomic E-state index is 4.43. The second-order valence-electron chi connectivity index (χ2n) is 3.99. The highest BCUT2D eigenvalue weighted by atomic mass is 32.2. The van der Waals surface area contributed by atoms with Gasteiger partial charge in [0.25, 0.3) is 0 Å². The SMILES string of the molecule is CCNCc1ccc(SCC(C)C)nc1. The molecule has 0 saturated heterocycles. The van der Waals surface area contributed by atoms with Crippen molar-refractivity contribution in [3.63, 3.8) is 0 Å². The average Bonchev–Trinajstić information content (AvgIpc) is 2.25.